The number of hydrogen-bond acceptors (Lipinski definition) is 3. The number of nitrogens with zero attached hydrogens (tertiary/aromatic N) is 1. The maximum Gasteiger partial charge on any atom is 0.141 e. The predicted molar refractivity (Wildman–Crippen MR) is 47.8 cm³/mol. The molecule has 0 amide bonds. The largest absolute Gasteiger partial charge is 0.506 e. The van der Waals surface area contributed by atoms with Crippen LogP contribution >= 0.6 is 0 Å². The molecule has 0 bridgehead atoms. The number of phenolic OH excluding ortho intramolecular Hbond substituents is 1. The van der Waals surface area contributed by atoms with Gasteiger partial charge in [-0.05, 0) is 24.3 Å². The van der Waals surface area contributed by atoms with Gasteiger partial charge in [0.1, 0.15) is 11.3 Å². The second-order valence-electron chi connectivity index (χ2n) is 2.57. The van der Waals surface area contributed by atoms with Crippen molar-refractivity contribution in [1.29, 1.82) is 0 Å². The predicted octanol–water partition coefficient (Wildman–Crippen LogP) is 1.52. The van der Waals surface area contributed by atoms with Gasteiger partial charge in [-0.3, -0.25) is 4.98 Å². The molecule has 0 spiro atoms. The fourth-order valence-electron chi connectivity index (χ4n) is 1.18. The SMILES string of the molecule is Nc1ccc(O)c2ncccc12.[Co]. The van der Waals surface area contributed by atoms with Crippen LogP contribution in [0, 0.1) is 0 Å². The van der Waals surface area contributed by atoms with Gasteiger partial charge in [-0.2, -0.15) is 0 Å². The van der Waals surface area contributed by atoms with E-state index in [9.17, 15) is 5.11 Å². The average molecular weight is 219 g/mol. The van der Waals surface area contributed by atoms with Crippen molar-refractivity contribution in [2.45, 2.75) is 0 Å². The minimum atomic E-state index is 0. The third kappa shape index (κ3) is 1.59. The van der Waals surface area contributed by atoms with Gasteiger partial charge in [-0.15, -0.1) is 0 Å². The number of fused-ring (bicyclic) bond motifs is 1. The Morgan fingerprint density at radius 1 is 1.23 bits per heavy atom. The van der Waals surface area contributed by atoms with Gasteiger partial charge in [-0.25, -0.2) is 0 Å². The molecular formula is C9H8CoN2O. The molecule has 0 fully saturated rings. The maximum atomic E-state index is 9.38. The van der Waals surface area contributed by atoms with Crippen molar-refractivity contribution < 1.29 is 21.9 Å². The summed E-state index contributed by atoms with van der Waals surface area (Å²) in [6.07, 6.45) is 1.63. The van der Waals surface area contributed by atoms with E-state index in [1.54, 1.807) is 24.4 Å². The Bertz CT molecular complexity index is 390. The third-order valence-corrected chi connectivity index (χ3v) is 1.78. The Morgan fingerprint density at radius 2 is 2.00 bits per heavy atom. The molecule has 4 heteroatoms. The Kier molecular flexibility index (Phi) is 2.75. The van der Waals surface area contributed by atoms with Crippen molar-refractivity contribution in [1.82, 2.24) is 4.98 Å². The molecular weight excluding hydrogens is 211 g/mol. The fourth-order valence-corrected chi connectivity index (χ4v) is 1.18. The minimum Gasteiger partial charge on any atom is -0.506 e. The van der Waals surface area contributed by atoms with Crippen LogP contribution in [0.1, 0.15) is 0 Å². The first-order chi connectivity index (χ1) is 5.79. The summed E-state index contributed by atoms with van der Waals surface area (Å²) in [5.41, 5.74) is 6.86. The van der Waals surface area contributed by atoms with Crippen LogP contribution in [0.5, 0.6) is 5.75 Å². The topological polar surface area (TPSA) is 59.1 Å². The van der Waals surface area contributed by atoms with E-state index in [0.29, 0.717) is 11.2 Å². The number of nitrogen functional groups attached to an aromatic ring is 1. The van der Waals surface area contributed by atoms with Gasteiger partial charge >= 0.3 is 0 Å². The van der Waals surface area contributed by atoms with Crippen LogP contribution in [-0.4, -0.2) is 10.1 Å². The second-order valence-corrected chi connectivity index (χ2v) is 2.57. The molecule has 3 N–H and O–H groups in total. The number of phenols is 1. The Morgan fingerprint density at radius 3 is 2.69 bits per heavy atom. The standard InChI is InChI=1S/C9H8N2O.Co/c10-7-3-4-8(12)9-6(7)2-1-5-11-9;/h1-5,12H,10H2;. The van der Waals surface area contributed by atoms with Crippen LogP contribution in [0.15, 0.2) is 30.5 Å². The Balaban J connectivity index is 0.000000845. The number of nitrogens with two attached hydrogens (primary N) is 1. The van der Waals surface area contributed by atoms with Crippen LogP contribution in [0.3, 0.4) is 0 Å². The number of aromatic hydroxyl groups is 1. The molecule has 69 valence electrons. The molecule has 1 aromatic carbocycles. The summed E-state index contributed by atoms with van der Waals surface area (Å²) in [5, 5.41) is 10.2. The number of rotatable bonds is 0. The number of pyridine rings is 1. The summed E-state index contributed by atoms with van der Waals surface area (Å²) < 4.78 is 0. The van der Waals surface area contributed by atoms with Crippen molar-refractivity contribution in [2.24, 2.45) is 0 Å². The van der Waals surface area contributed by atoms with Gasteiger partial charge in [0.15, 0.2) is 0 Å². The number of aromatic nitrogens is 1. The average Bonchev–Trinajstić information content (AvgIpc) is 2.12. The zero-order valence-corrected chi connectivity index (χ0v) is 7.73. The Hall–Kier alpha value is -1.26. The Labute approximate surface area is 85.8 Å². The number of benzene rings is 1. The van der Waals surface area contributed by atoms with E-state index in [2.05, 4.69) is 4.98 Å². The summed E-state index contributed by atoms with van der Waals surface area (Å²) in [6.45, 7) is 0. The van der Waals surface area contributed by atoms with Gasteiger partial charge in [-0.1, -0.05) is 0 Å². The molecule has 1 aromatic heterocycles. The molecule has 0 unspecified atom stereocenters. The minimum absolute atomic E-state index is 0. The van der Waals surface area contributed by atoms with Crippen LogP contribution < -0.4 is 5.73 Å². The zero-order valence-electron chi connectivity index (χ0n) is 6.69. The molecule has 0 saturated heterocycles. The third-order valence-electron chi connectivity index (χ3n) is 1.78. The van der Waals surface area contributed by atoms with Crippen molar-refractivity contribution in [3.8, 4) is 5.75 Å². The first-order valence-corrected chi connectivity index (χ1v) is 3.61. The van der Waals surface area contributed by atoms with E-state index in [-0.39, 0.29) is 22.5 Å². The molecule has 13 heavy (non-hydrogen) atoms. The van der Waals surface area contributed by atoms with E-state index >= 15 is 0 Å². The number of hydrogen-bond donors (Lipinski definition) is 2. The fraction of sp³-hybridized carbons (Fsp3) is 0. The van der Waals surface area contributed by atoms with E-state index < -0.39 is 0 Å². The molecule has 0 aliphatic heterocycles. The van der Waals surface area contributed by atoms with Crippen molar-refractivity contribution in [3.63, 3.8) is 0 Å². The molecule has 3 nitrogen and oxygen atoms in total. The van der Waals surface area contributed by atoms with Crippen LogP contribution in [0.4, 0.5) is 5.69 Å². The molecule has 0 aliphatic rings. The molecule has 1 radical (unpaired) electrons. The van der Waals surface area contributed by atoms with Crippen molar-refractivity contribution >= 4 is 16.6 Å². The molecule has 1 heterocycles. The van der Waals surface area contributed by atoms with Crippen molar-refractivity contribution in [3.05, 3.63) is 30.5 Å². The number of anilines is 1. The summed E-state index contributed by atoms with van der Waals surface area (Å²) in [4.78, 5) is 4.01. The first kappa shape index (κ1) is 9.82. The summed E-state index contributed by atoms with van der Waals surface area (Å²) >= 11 is 0. The molecule has 0 atom stereocenters. The molecule has 2 aromatic rings. The zero-order chi connectivity index (χ0) is 8.55. The van der Waals surface area contributed by atoms with Gasteiger partial charge in [0, 0.05) is 34.0 Å². The van der Waals surface area contributed by atoms with Crippen LogP contribution in [0.2, 0.25) is 0 Å². The van der Waals surface area contributed by atoms with Gasteiger partial charge in [0.2, 0.25) is 0 Å². The van der Waals surface area contributed by atoms with E-state index in [0.717, 1.165) is 5.39 Å². The maximum absolute atomic E-state index is 9.38. The first-order valence-electron chi connectivity index (χ1n) is 3.61. The van der Waals surface area contributed by atoms with Gasteiger partial charge < -0.3 is 10.8 Å². The van der Waals surface area contributed by atoms with Crippen molar-refractivity contribution in [2.75, 3.05) is 5.73 Å². The molecule has 0 aliphatic carbocycles. The summed E-state index contributed by atoms with van der Waals surface area (Å²) in [5.74, 6) is 0.166. The van der Waals surface area contributed by atoms with Crippen LogP contribution in [-0.2, 0) is 16.8 Å². The monoisotopic (exact) mass is 219 g/mol. The van der Waals surface area contributed by atoms with E-state index in [1.165, 1.54) is 0 Å². The summed E-state index contributed by atoms with van der Waals surface area (Å²) in [7, 11) is 0. The smallest absolute Gasteiger partial charge is 0.141 e. The summed E-state index contributed by atoms with van der Waals surface area (Å²) in [6, 6.07) is 6.83. The normalized spacial score (nSPS) is 9.54. The molecule has 0 saturated carbocycles. The van der Waals surface area contributed by atoms with Crippen LogP contribution in [0.25, 0.3) is 10.9 Å². The van der Waals surface area contributed by atoms with Gasteiger partial charge in [0.25, 0.3) is 0 Å². The quantitative estimate of drug-likeness (QED) is 0.521. The van der Waals surface area contributed by atoms with E-state index in [4.69, 9.17) is 5.73 Å². The van der Waals surface area contributed by atoms with E-state index in [1.807, 2.05) is 6.07 Å². The molecule has 2 rings (SSSR count). The second kappa shape index (κ2) is 3.63. The van der Waals surface area contributed by atoms with Gasteiger partial charge in [0.05, 0.1) is 0 Å².